The van der Waals surface area contributed by atoms with Crippen LogP contribution in [0.2, 0.25) is 0 Å². The molecule has 148 valence electrons. The van der Waals surface area contributed by atoms with Crippen LogP contribution < -0.4 is 10.6 Å². The van der Waals surface area contributed by atoms with Crippen LogP contribution in [0.15, 0.2) is 64.8 Å². The van der Waals surface area contributed by atoms with Gasteiger partial charge in [0.05, 0.1) is 18.9 Å². The van der Waals surface area contributed by atoms with Gasteiger partial charge in [0.2, 0.25) is 4.77 Å². The monoisotopic (exact) mass is 406 g/mol. The number of para-hydroxylation sites is 1. The van der Waals surface area contributed by atoms with Crippen molar-refractivity contribution in [3.05, 3.63) is 64.9 Å². The zero-order chi connectivity index (χ0) is 20.2. The lowest BCUT2D eigenvalue weighted by atomic mass is 10.2. The van der Waals surface area contributed by atoms with Gasteiger partial charge >= 0.3 is 0 Å². The van der Waals surface area contributed by atoms with Gasteiger partial charge in [0.25, 0.3) is 0 Å². The van der Waals surface area contributed by atoms with Crippen molar-refractivity contribution in [2.75, 3.05) is 36.9 Å². The molecule has 0 bridgehead atoms. The Morgan fingerprint density at radius 3 is 2.38 bits per heavy atom. The van der Waals surface area contributed by atoms with Crippen molar-refractivity contribution in [3.63, 3.8) is 0 Å². The van der Waals surface area contributed by atoms with E-state index in [0.717, 1.165) is 16.9 Å². The SMILES string of the molecule is Cc1ccc(N=Nc2c(N3CCOCC3)nc(=S)n(-c3ccccc3)c2N)cc1. The van der Waals surface area contributed by atoms with Crippen molar-refractivity contribution in [2.45, 2.75) is 6.92 Å². The highest BCUT2D eigenvalue weighted by Crippen LogP contribution is 2.36. The molecule has 8 heteroatoms. The van der Waals surface area contributed by atoms with Crippen molar-refractivity contribution in [1.29, 1.82) is 0 Å². The first-order valence-electron chi connectivity index (χ1n) is 9.42. The second-order valence-electron chi connectivity index (χ2n) is 6.76. The van der Waals surface area contributed by atoms with Crippen LogP contribution in [-0.4, -0.2) is 35.9 Å². The molecule has 7 nitrogen and oxygen atoms in total. The van der Waals surface area contributed by atoms with Gasteiger partial charge in [-0.15, -0.1) is 5.11 Å². The van der Waals surface area contributed by atoms with Crippen LogP contribution in [0.5, 0.6) is 0 Å². The zero-order valence-corrected chi connectivity index (χ0v) is 17.0. The Morgan fingerprint density at radius 2 is 1.69 bits per heavy atom. The Balaban J connectivity index is 1.84. The number of nitrogens with two attached hydrogens (primary N) is 1. The molecular formula is C21H22N6OS. The molecule has 2 heterocycles. The van der Waals surface area contributed by atoms with E-state index in [0.29, 0.717) is 48.4 Å². The summed E-state index contributed by atoms with van der Waals surface area (Å²) < 4.78 is 7.57. The second kappa shape index (κ2) is 8.50. The van der Waals surface area contributed by atoms with E-state index in [2.05, 4.69) is 20.1 Å². The first kappa shape index (κ1) is 19.2. The first-order valence-corrected chi connectivity index (χ1v) is 9.83. The lowest BCUT2D eigenvalue weighted by molar-refractivity contribution is 0.122. The second-order valence-corrected chi connectivity index (χ2v) is 7.12. The summed E-state index contributed by atoms with van der Waals surface area (Å²) in [7, 11) is 0. The summed E-state index contributed by atoms with van der Waals surface area (Å²) in [5.41, 5.74) is 9.81. The number of anilines is 2. The van der Waals surface area contributed by atoms with E-state index in [1.165, 1.54) is 0 Å². The Labute approximate surface area is 174 Å². The number of rotatable bonds is 4. The number of hydrogen-bond acceptors (Lipinski definition) is 7. The predicted octanol–water partition coefficient (Wildman–Crippen LogP) is 4.74. The van der Waals surface area contributed by atoms with Crippen LogP contribution in [0.3, 0.4) is 0 Å². The summed E-state index contributed by atoms with van der Waals surface area (Å²) >= 11 is 5.57. The van der Waals surface area contributed by atoms with Crippen molar-refractivity contribution >= 4 is 35.2 Å². The third-order valence-electron chi connectivity index (χ3n) is 4.71. The maximum Gasteiger partial charge on any atom is 0.207 e. The highest BCUT2D eigenvalue weighted by molar-refractivity contribution is 7.71. The minimum Gasteiger partial charge on any atom is -0.383 e. The van der Waals surface area contributed by atoms with Gasteiger partial charge < -0.3 is 15.4 Å². The average Bonchev–Trinajstić information content (AvgIpc) is 2.75. The third kappa shape index (κ3) is 4.18. The third-order valence-corrected chi connectivity index (χ3v) is 4.99. The van der Waals surface area contributed by atoms with E-state index >= 15 is 0 Å². The molecule has 0 amide bonds. The summed E-state index contributed by atoms with van der Waals surface area (Å²) in [5, 5.41) is 8.89. The molecule has 0 aliphatic carbocycles. The number of azo groups is 1. The fourth-order valence-corrected chi connectivity index (χ4v) is 3.44. The number of hydrogen-bond donors (Lipinski definition) is 1. The van der Waals surface area contributed by atoms with Gasteiger partial charge in [-0.1, -0.05) is 35.9 Å². The molecule has 1 fully saturated rings. The summed E-state index contributed by atoms with van der Waals surface area (Å²) in [6, 6.07) is 17.5. The summed E-state index contributed by atoms with van der Waals surface area (Å²) in [5.74, 6) is 1.05. The molecule has 3 aromatic rings. The van der Waals surface area contributed by atoms with Crippen molar-refractivity contribution < 1.29 is 4.74 Å². The topological polar surface area (TPSA) is 81.0 Å². The van der Waals surface area contributed by atoms with E-state index in [1.807, 2.05) is 61.5 Å². The predicted molar refractivity (Wildman–Crippen MR) is 117 cm³/mol. The van der Waals surface area contributed by atoms with Crippen LogP contribution in [0, 0.1) is 11.7 Å². The number of aromatic nitrogens is 2. The smallest absolute Gasteiger partial charge is 0.207 e. The lowest BCUT2D eigenvalue weighted by Crippen LogP contribution is -2.37. The van der Waals surface area contributed by atoms with Crippen molar-refractivity contribution in [1.82, 2.24) is 9.55 Å². The van der Waals surface area contributed by atoms with Crippen molar-refractivity contribution in [3.8, 4) is 5.69 Å². The molecule has 29 heavy (non-hydrogen) atoms. The summed E-state index contributed by atoms with van der Waals surface area (Å²) in [6.45, 7) is 4.67. The van der Waals surface area contributed by atoms with Crippen LogP contribution in [0.25, 0.3) is 5.69 Å². The fourth-order valence-electron chi connectivity index (χ4n) is 3.15. The number of benzene rings is 2. The first-order chi connectivity index (χ1) is 14.1. The molecule has 1 aliphatic heterocycles. The highest BCUT2D eigenvalue weighted by Gasteiger charge is 2.21. The maximum atomic E-state index is 6.56. The molecule has 0 unspecified atom stereocenters. The van der Waals surface area contributed by atoms with Gasteiger partial charge in [0, 0.05) is 18.8 Å². The van der Waals surface area contributed by atoms with E-state index < -0.39 is 0 Å². The summed E-state index contributed by atoms with van der Waals surface area (Å²) in [4.78, 5) is 6.77. The van der Waals surface area contributed by atoms with E-state index in [9.17, 15) is 0 Å². The van der Waals surface area contributed by atoms with Crippen LogP contribution in [-0.2, 0) is 4.74 Å². The minimum atomic E-state index is 0.379. The van der Waals surface area contributed by atoms with Gasteiger partial charge in [0.15, 0.2) is 11.5 Å². The largest absolute Gasteiger partial charge is 0.383 e. The van der Waals surface area contributed by atoms with Gasteiger partial charge in [-0.3, -0.25) is 4.57 Å². The van der Waals surface area contributed by atoms with Crippen molar-refractivity contribution in [2.24, 2.45) is 10.2 Å². The normalized spacial score (nSPS) is 14.4. The molecule has 0 atom stereocenters. The number of ether oxygens (including phenoxy) is 1. The molecule has 1 saturated heterocycles. The molecule has 2 N–H and O–H groups in total. The maximum absolute atomic E-state index is 6.56. The minimum absolute atomic E-state index is 0.379. The Kier molecular flexibility index (Phi) is 5.64. The van der Waals surface area contributed by atoms with E-state index in [4.69, 9.17) is 22.7 Å². The van der Waals surface area contributed by atoms with Crippen LogP contribution >= 0.6 is 12.2 Å². The van der Waals surface area contributed by atoms with Crippen LogP contribution in [0.4, 0.5) is 23.0 Å². The van der Waals surface area contributed by atoms with Crippen LogP contribution in [0.1, 0.15) is 5.56 Å². The standard InChI is InChI=1S/C21H22N6OS/c1-15-7-9-16(10-8-15)24-25-18-19(22)27(17-5-3-2-4-6-17)21(29)23-20(18)26-11-13-28-14-12-26/h2-10H,11-14,22H2,1H3. The van der Waals surface area contributed by atoms with Gasteiger partial charge in [-0.2, -0.15) is 10.1 Å². The molecule has 0 radical (unpaired) electrons. The molecule has 4 rings (SSSR count). The Hall–Kier alpha value is -3.10. The molecule has 1 aromatic heterocycles. The molecule has 2 aromatic carbocycles. The molecule has 0 saturated carbocycles. The van der Waals surface area contributed by atoms with E-state index in [-0.39, 0.29) is 0 Å². The quantitative estimate of drug-likeness (QED) is 0.500. The van der Waals surface area contributed by atoms with E-state index in [1.54, 1.807) is 4.57 Å². The number of nitrogen functional groups attached to an aromatic ring is 1. The molecular weight excluding hydrogens is 384 g/mol. The zero-order valence-electron chi connectivity index (χ0n) is 16.2. The van der Waals surface area contributed by atoms with Gasteiger partial charge in [-0.25, -0.2) is 0 Å². The average molecular weight is 407 g/mol. The number of nitrogens with zero attached hydrogens (tertiary/aromatic N) is 5. The molecule has 0 spiro atoms. The number of morpholine rings is 1. The Bertz CT molecular complexity index is 1070. The lowest BCUT2D eigenvalue weighted by Gasteiger charge is -2.29. The van der Waals surface area contributed by atoms with Gasteiger partial charge in [-0.05, 0) is 43.4 Å². The summed E-state index contributed by atoms with van der Waals surface area (Å²) in [6.07, 6.45) is 0. The highest BCUT2D eigenvalue weighted by atomic mass is 32.1. The van der Waals surface area contributed by atoms with Gasteiger partial charge in [0.1, 0.15) is 5.82 Å². The molecule has 1 aliphatic rings. The fraction of sp³-hybridized carbons (Fsp3) is 0.238. The Morgan fingerprint density at radius 1 is 1.00 bits per heavy atom. The number of aryl methyl sites for hydroxylation is 1.